The molecule has 1 aliphatic heterocycles. The second-order valence-corrected chi connectivity index (χ2v) is 5.68. The largest absolute Gasteiger partial charge is 0.393 e. The molecule has 90 valence electrons. The molecule has 0 aliphatic carbocycles. The zero-order valence-electron chi connectivity index (χ0n) is 10.0. The highest BCUT2D eigenvalue weighted by Gasteiger charge is 2.26. The third-order valence-electron chi connectivity index (χ3n) is 3.12. The summed E-state index contributed by atoms with van der Waals surface area (Å²) in [6.07, 6.45) is 3.17. The lowest BCUT2D eigenvalue weighted by Gasteiger charge is -2.24. The van der Waals surface area contributed by atoms with Gasteiger partial charge < -0.3 is 5.11 Å². The van der Waals surface area contributed by atoms with Crippen LogP contribution in [-0.2, 0) is 6.54 Å². The number of aliphatic hydroxyl groups excluding tert-OH is 1. The quantitative estimate of drug-likeness (QED) is 0.876. The van der Waals surface area contributed by atoms with Crippen LogP contribution < -0.4 is 0 Å². The fourth-order valence-corrected chi connectivity index (χ4v) is 3.21. The number of hydrogen-bond acceptors (Lipinski definition) is 4. The first kappa shape index (κ1) is 12.0. The van der Waals surface area contributed by atoms with E-state index in [9.17, 15) is 5.11 Å². The molecule has 2 atom stereocenters. The summed E-state index contributed by atoms with van der Waals surface area (Å²) in [4.78, 5) is 6.97. The first-order valence-electron chi connectivity index (χ1n) is 5.98. The molecule has 0 bridgehead atoms. The van der Waals surface area contributed by atoms with Gasteiger partial charge in [-0.3, -0.25) is 4.90 Å². The predicted octanol–water partition coefficient (Wildman–Crippen LogP) is 2.19. The second-order valence-electron chi connectivity index (χ2n) is 4.73. The molecule has 1 aliphatic rings. The Kier molecular flexibility index (Phi) is 3.95. The number of aromatic nitrogens is 1. The number of rotatable bonds is 4. The Balaban J connectivity index is 1.93. The third-order valence-corrected chi connectivity index (χ3v) is 4.07. The van der Waals surface area contributed by atoms with E-state index in [1.165, 1.54) is 17.8 Å². The maximum absolute atomic E-state index is 9.46. The van der Waals surface area contributed by atoms with Crippen molar-refractivity contribution in [3.05, 3.63) is 16.1 Å². The molecule has 4 heteroatoms. The molecule has 1 fully saturated rings. The summed E-state index contributed by atoms with van der Waals surface area (Å²) in [6, 6.07) is 0.546. The standard InChI is InChI=1S/C12H20N2OS/c1-9-8-16-12(13-9)7-14-5-3-4-11(14)6-10(2)15/h8,10-11,15H,3-7H2,1-2H3. The fraction of sp³-hybridized carbons (Fsp3) is 0.750. The molecule has 1 N–H and O–H groups in total. The Morgan fingerprint density at radius 3 is 3.12 bits per heavy atom. The number of hydrogen-bond donors (Lipinski definition) is 1. The van der Waals surface area contributed by atoms with Crippen LogP contribution in [0.25, 0.3) is 0 Å². The van der Waals surface area contributed by atoms with E-state index < -0.39 is 0 Å². The summed E-state index contributed by atoms with van der Waals surface area (Å²) in [6.45, 7) is 6.02. The zero-order chi connectivity index (χ0) is 11.5. The maximum atomic E-state index is 9.46. The number of likely N-dealkylation sites (tertiary alicyclic amines) is 1. The number of aliphatic hydroxyl groups is 1. The predicted molar refractivity (Wildman–Crippen MR) is 66.6 cm³/mol. The molecule has 1 saturated heterocycles. The Labute approximate surface area is 101 Å². The van der Waals surface area contributed by atoms with Gasteiger partial charge in [0.1, 0.15) is 5.01 Å². The van der Waals surface area contributed by atoms with Gasteiger partial charge in [0.05, 0.1) is 12.6 Å². The van der Waals surface area contributed by atoms with Crippen molar-refractivity contribution in [1.82, 2.24) is 9.88 Å². The van der Waals surface area contributed by atoms with Crippen molar-refractivity contribution in [3.63, 3.8) is 0 Å². The SMILES string of the molecule is Cc1csc(CN2CCCC2CC(C)O)n1. The molecule has 1 aromatic rings. The van der Waals surface area contributed by atoms with Crippen LogP contribution in [0.1, 0.15) is 36.9 Å². The summed E-state index contributed by atoms with van der Waals surface area (Å²) < 4.78 is 0. The van der Waals surface area contributed by atoms with Crippen LogP contribution in [0.4, 0.5) is 0 Å². The van der Waals surface area contributed by atoms with Gasteiger partial charge in [0.2, 0.25) is 0 Å². The lowest BCUT2D eigenvalue weighted by atomic mass is 10.1. The van der Waals surface area contributed by atoms with E-state index in [0.29, 0.717) is 6.04 Å². The zero-order valence-corrected chi connectivity index (χ0v) is 10.8. The van der Waals surface area contributed by atoms with Crippen molar-refractivity contribution in [2.24, 2.45) is 0 Å². The van der Waals surface area contributed by atoms with Crippen molar-refractivity contribution in [1.29, 1.82) is 0 Å². The van der Waals surface area contributed by atoms with E-state index in [1.54, 1.807) is 11.3 Å². The van der Waals surface area contributed by atoms with Crippen molar-refractivity contribution in [2.75, 3.05) is 6.54 Å². The lowest BCUT2D eigenvalue weighted by Crippen LogP contribution is -2.31. The normalized spacial score (nSPS) is 23.8. The monoisotopic (exact) mass is 240 g/mol. The molecule has 0 radical (unpaired) electrons. The fourth-order valence-electron chi connectivity index (χ4n) is 2.41. The minimum absolute atomic E-state index is 0.191. The third kappa shape index (κ3) is 3.03. The van der Waals surface area contributed by atoms with Gasteiger partial charge in [0.15, 0.2) is 0 Å². The van der Waals surface area contributed by atoms with E-state index in [1.807, 2.05) is 13.8 Å². The molecule has 3 nitrogen and oxygen atoms in total. The minimum atomic E-state index is -0.191. The highest BCUT2D eigenvalue weighted by Crippen LogP contribution is 2.24. The Bertz CT molecular complexity index is 338. The first-order chi connectivity index (χ1) is 7.65. The van der Waals surface area contributed by atoms with Crippen LogP contribution in [0.5, 0.6) is 0 Å². The van der Waals surface area contributed by atoms with E-state index in [2.05, 4.69) is 15.3 Å². The molecule has 2 rings (SSSR count). The highest BCUT2D eigenvalue weighted by molar-refractivity contribution is 7.09. The van der Waals surface area contributed by atoms with E-state index in [0.717, 1.165) is 25.2 Å². The van der Waals surface area contributed by atoms with Gasteiger partial charge in [-0.2, -0.15) is 0 Å². The van der Waals surface area contributed by atoms with Crippen LogP contribution in [0.15, 0.2) is 5.38 Å². The molecule has 16 heavy (non-hydrogen) atoms. The molecule has 1 aromatic heterocycles. The van der Waals surface area contributed by atoms with Gasteiger partial charge in [-0.25, -0.2) is 4.98 Å². The van der Waals surface area contributed by atoms with Crippen molar-refractivity contribution >= 4 is 11.3 Å². The lowest BCUT2D eigenvalue weighted by molar-refractivity contribution is 0.130. The van der Waals surface area contributed by atoms with Crippen molar-refractivity contribution < 1.29 is 5.11 Å². The van der Waals surface area contributed by atoms with Crippen molar-refractivity contribution in [2.45, 2.75) is 51.8 Å². The van der Waals surface area contributed by atoms with Crippen LogP contribution in [0, 0.1) is 6.92 Å². The van der Waals surface area contributed by atoms with Crippen LogP contribution in [0.2, 0.25) is 0 Å². The van der Waals surface area contributed by atoms with Gasteiger partial charge in [0.25, 0.3) is 0 Å². The molecule has 0 amide bonds. The Morgan fingerprint density at radius 1 is 1.69 bits per heavy atom. The second kappa shape index (κ2) is 5.25. The summed E-state index contributed by atoms with van der Waals surface area (Å²) >= 11 is 1.74. The highest BCUT2D eigenvalue weighted by atomic mass is 32.1. The molecule has 2 unspecified atom stereocenters. The molecular formula is C12H20N2OS. The van der Waals surface area contributed by atoms with Crippen LogP contribution in [-0.4, -0.2) is 33.7 Å². The summed E-state index contributed by atoms with van der Waals surface area (Å²) in [5.41, 5.74) is 1.12. The number of aryl methyl sites for hydroxylation is 1. The molecule has 0 aromatic carbocycles. The van der Waals surface area contributed by atoms with E-state index in [4.69, 9.17) is 0 Å². The number of nitrogens with zero attached hydrogens (tertiary/aromatic N) is 2. The van der Waals surface area contributed by atoms with Gasteiger partial charge in [-0.15, -0.1) is 11.3 Å². The average Bonchev–Trinajstić information content (AvgIpc) is 2.77. The van der Waals surface area contributed by atoms with E-state index >= 15 is 0 Å². The molecule has 0 spiro atoms. The maximum Gasteiger partial charge on any atom is 0.107 e. The summed E-state index contributed by atoms with van der Waals surface area (Å²) in [7, 11) is 0. The molecular weight excluding hydrogens is 220 g/mol. The van der Waals surface area contributed by atoms with E-state index in [-0.39, 0.29) is 6.10 Å². The van der Waals surface area contributed by atoms with Crippen LogP contribution >= 0.6 is 11.3 Å². The van der Waals surface area contributed by atoms with Gasteiger partial charge in [-0.05, 0) is 39.7 Å². The minimum Gasteiger partial charge on any atom is -0.393 e. The van der Waals surface area contributed by atoms with Gasteiger partial charge in [-0.1, -0.05) is 0 Å². The first-order valence-corrected chi connectivity index (χ1v) is 6.86. The molecule has 0 saturated carbocycles. The van der Waals surface area contributed by atoms with Crippen molar-refractivity contribution in [3.8, 4) is 0 Å². The topological polar surface area (TPSA) is 36.4 Å². The van der Waals surface area contributed by atoms with Crippen LogP contribution in [0.3, 0.4) is 0 Å². The number of thiazole rings is 1. The van der Waals surface area contributed by atoms with Gasteiger partial charge >= 0.3 is 0 Å². The molecule has 2 heterocycles. The Hall–Kier alpha value is -0.450. The summed E-state index contributed by atoms with van der Waals surface area (Å²) in [5.74, 6) is 0. The summed E-state index contributed by atoms with van der Waals surface area (Å²) in [5, 5.41) is 12.8. The average molecular weight is 240 g/mol. The smallest absolute Gasteiger partial charge is 0.107 e. The van der Waals surface area contributed by atoms with Gasteiger partial charge in [0, 0.05) is 17.1 Å². The Morgan fingerprint density at radius 2 is 2.50 bits per heavy atom.